The topological polar surface area (TPSA) is 58.2 Å². The molecule has 1 aromatic carbocycles. The molecule has 1 aromatic heterocycles. The molecule has 0 aliphatic carbocycles. The van der Waals surface area contributed by atoms with Gasteiger partial charge in [0.1, 0.15) is 0 Å². The second-order valence-electron chi connectivity index (χ2n) is 5.18. The van der Waals surface area contributed by atoms with E-state index in [1.54, 1.807) is 11.3 Å². The number of nitrogens with one attached hydrogen (secondary N) is 2. The van der Waals surface area contributed by atoms with Crippen molar-refractivity contribution in [2.24, 2.45) is 0 Å². The van der Waals surface area contributed by atoms with Crippen LogP contribution in [0, 0.1) is 0 Å². The first-order valence-corrected chi connectivity index (χ1v) is 9.47. The Balaban J connectivity index is 1.56. The molecule has 0 amide bonds. The third-order valence-electron chi connectivity index (χ3n) is 3.60. The standard InChI is InChI=1S/C15H18N2O2S2/c18-21(19,7-5-15-2-1-6-20-15)17-9-12-3-4-13-10-16-11-14(13)8-12/h1-4,6,8,16-17H,5,7,9-11H2. The van der Waals surface area contributed by atoms with Gasteiger partial charge in [0, 0.05) is 24.5 Å². The third-order valence-corrected chi connectivity index (χ3v) is 5.86. The van der Waals surface area contributed by atoms with Gasteiger partial charge in [0.2, 0.25) is 10.0 Å². The van der Waals surface area contributed by atoms with Crippen LogP contribution in [0.3, 0.4) is 0 Å². The molecule has 0 bridgehead atoms. The lowest BCUT2D eigenvalue weighted by Crippen LogP contribution is -2.26. The summed E-state index contributed by atoms with van der Waals surface area (Å²) in [6.45, 7) is 2.14. The number of aryl methyl sites for hydroxylation is 1. The lowest BCUT2D eigenvalue weighted by molar-refractivity contribution is 0.580. The molecule has 0 saturated carbocycles. The molecule has 0 radical (unpaired) electrons. The van der Waals surface area contributed by atoms with Gasteiger partial charge in [0.05, 0.1) is 5.75 Å². The number of fused-ring (bicyclic) bond motifs is 1. The Morgan fingerprint density at radius 2 is 2.05 bits per heavy atom. The summed E-state index contributed by atoms with van der Waals surface area (Å²) in [5, 5.41) is 5.25. The number of benzene rings is 1. The molecule has 0 atom stereocenters. The maximum absolute atomic E-state index is 12.0. The van der Waals surface area contributed by atoms with Gasteiger partial charge in [0.25, 0.3) is 0 Å². The van der Waals surface area contributed by atoms with E-state index in [4.69, 9.17) is 0 Å². The molecule has 2 aromatic rings. The summed E-state index contributed by atoms with van der Waals surface area (Å²) in [7, 11) is -3.23. The number of thiophene rings is 1. The Hall–Kier alpha value is -1.21. The summed E-state index contributed by atoms with van der Waals surface area (Å²) in [6, 6.07) is 10.1. The van der Waals surface area contributed by atoms with Crippen LogP contribution in [0.1, 0.15) is 21.6 Å². The summed E-state index contributed by atoms with van der Waals surface area (Å²) in [5.74, 6) is 0.139. The number of hydrogen-bond donors (Lipinski definition) is 2. The second-order valence-corrected chi connectivity index (χ2v) is 8.13. The van der Waals surface area contributed by atoms with E-state index in [0.717, 1.165) is 23.5 Å². The molecule has 3 rings (SSSR count). The molecule has 112 valence electrons. The van der Waals surface area contributed by atoms with Crippen molar-refractivity contribution in [2.45, 2.75) is 26.1 Å². The zero-order valence-electron chi connectivity index (χ0n) is 11.6. The molecular formula is C15H18N2O2S2. The van der Waals surface area contributed by atoms with Crippen LogP contribution in [-0.4, -0.2) is 14.2 Å². The van der Waals surface area contributed by atoms with Crippen LogP contribution in [0.25, 0.3) is 0 Å². The highest BCUT2D eigenvalue weighted by molar-refractivity contribution is 7.89. The zero-order chi connectivity index (χ0) is 14.7. The van der Waals surface area contributed by atoms with E-state index in [0.29, 0.717) is 13.0 Å². The van der Waals surface area contributed by atoms with Crippen molar-refractivity contribution < 1.29 is 8.42 Å². The highest BCUT2D eigenvalue weighted by Gasteiger charge is 2.13. The van der Waals surface area contributed by atoms with Crippen LogP contribution in [0.15, 0.2) is 35.7 Å². The van der Waals surface area contributed by atoms with Crippen molar-refractivity contribution in [1.82, 2.24) is 10.0 Å². The summed E-state index contributed by atoms with van der Waals surface area (Å²) < 4.78 is 26.7. The van der Waals surface area contributed by atoms with E-state index in [1.165, 1.54) is 11.1 Å². The fourth-order valence-electron chi connectivity index (χ4n) is 2.41. The van der Waals surface area contributed by atoms with Crippen molar-refractivity contribution in [2.75, 3.05) is 5.75 Å². The predicted molar refractivity (Wildman–Crippen MR) is 85.6 cm³/mol. The van der Waals surface area contributed by atoms with E-state index < -0.39 is 10.0 Å². The van der Waals surface area contributed by atoms with Gasteiger partial charge in [-0.3, -0.25) is 0 Å². The average Bonchev–Trinajstić information content (AvgIpc) is 3.13. The zero-order valence-corrected chi connectivity index (χ0v) is 13.3. The lowest BCUT2D eigenvalue weighted by atomic mass is 10.1. The third kappa shape index (κ3) is 3.91. The summed E-state index contributed by atoms with van der Waals surface area (Å²) >= 11 is 1.59. The highest BCUT2D eigenvalue weighted by atomic mass is 32.2. The average molecular weight is 322 g/mol. The SMILES string of the molecule is O=S(=O)(CCc1cccs1)NCc1ccc2c(c1)CNC2. The molecule has 0 unspecified atom stereocenters. The largest absolute Gasteiger partial charge is 0.309 e. The van der Waals surface area contributed by atoms with Crippen molar-refractivity contribution in [3.63, 3.8) is 0 Å². The Morgan fingerprint density at radius 1 is 1.19 bits per heavy atom. The Morgan fingerprint density at radius 3 is 2.86 bits per heavy atom. The molecule has 21 heavy (non-hydrogen) atoms. The number of rotatable bonds is 6. The maximum Gasteiger partial charge on any atom is 0.212 e. The van der Waals surface area contributed by atoms with E-state index in [-0.39, 0.29) is 5.75 Å². The Bertz CT molecular complexity index is 709. The van der Waals surface area contributed by atoms with Gasteiger partial charge in [-0.15, -0.1) is 11.3 Å². The number of sulfonamides is 1. The monoisotopic (exact) mass is 322 g/mol. The van der Waals surface area contributed by atoms with Gasteiger partial charge in [-0.25, -0.2) is 13.1 Å². The van der Waals surface area contributed by atoms with Crippen LogP contribution in [0.4, 0.5) is 0 Å². The van der Waals surface area contributed by atoms with E-state index >= 15 is 0 Å². The van der Waals surface area contributed by atoms with Crippen molar-refractivity contribution in [3.05, 3.63) is 57.3 Å². The summed E-state index contributed by atoms with van der Waals surface area (Å²) in [4.78, 5) is 1.10. The van der Waals surface area contributed by atoms with Crippen LogP contribution in [-0.2, 0) is 36.1 Å². The fourth-order valence-corrected chi connectivity index (χ4v) is 4.27. The van der Waals surface area contributed by atoms with Gasteiger partial charge in [-0.05, 0) is 34.6 Å². The first-order valence-electron chi connectivity index (χ1n) is 6.93. The molecule has 0 saturated heterocycles. The van der Waals surface area contributed by atoms with Crippen LogP contribution in [0.5, 0.6) is 0 Å². The molecule has 1 aliphatic heterocycles. The molecular weight excluding hydrogens is 304 g/mol. The minimum absolute atomic E-state index is 0.139. The fraction of sp³-hybridized carbons (Fsp3) is 0.333. The van der Waals surface area contributed by atoms with Crippen LogP contribution >= 0.6 is 11.3 Å². The Kier molecular flexibility index (Phi) is 4.40. The molecule has 0 spiro atoms. The van der Waals surface area contributed by atoms with E-state index in [2.05, 4.69) is 22.2 Å². The molecule has 0 fully saturated rings. The number of hydrogen-bond acceptors (Lipinski definition) is 4. The smallest absolute Gasteiger partial charge is 0.212 e. The highest BCUT2D eigenvalue weighted by Crippen LogP contribution is 2.17. The minimum atomic E-state index is -3.23. The van der Waals surface area contributed by atoms with Gasteiger partial charge < -0.3 is 5.32 Å². The van der Waals surface area contributed by atoms with Crippen LogP contribution in [0.2, 0.25) is 0 Å². The Labute approximate surface area is 129 Å². The minimum Gasteiger partial charge on any atom is -0.309 e. The van der Waals surface area contributed by atoms with Crippen molar-refractivity contribution >= 4 is 21.4 Å². The maximum atomic E-state index is 12.0. The van der Waals surface area contributed by atoms with Gasteiger partial charge in [-0.2, -0.15) is 0 Å². The van der Waals surface area contributed by atoms with Gasteiger partial charge in [0.15, 0.2) is 0 Å². The first kappa shape index (κ1) is 14.7. The normalized spacial score (nSPS) is 14.3. The molecule has 6 heteroatoms. The predicted octanol–water partition coefficient (Wildman–Crippen LogP) is 2.01. The van der Waals surface area contributed by atoms with Crippen molar-refractivity contribution in [3.8, 4) is 0 Å². The summed E-state index contributed by atoms with van der Waals surface area (Å²) in [6.07, 6.45) is 0.571. The van der Waals surface area contributed by atoms with E-state index in [9.17, 15) is 8.42 Å². The van der Waals surface area contributed by atoms with Gasteiger partial charge >= 0.3 is 0 Å². The molecule has 2 N–H and O–H groups in total. The van der Waals surface area contributed by atoms with E-state index in [1.807, 2.05) is 23.6 Å². The summed E-state index contributed by atoms with van der Waals surface area (Å²) in [5.41, 5.74) is 3.58. The molecule has 1 aliphatic rings. The van der Waals surface area contributed by atoms with Gasteiger partial charge in [-0.1, -0.05) is 24.3 Å². The quantitative estimate of drug-likeness (QED) is 0.855. The first-order chi connectivity index (χ1) is 10.1. The van der Waals surface area contributed by atoms with Crippen LogP contribution < -0.4 is 10.0 Å². The molecule has 2 heterocycles. The lowest BCUT2D eigenvalue weighted by Gasteiger charge is -2.07. The second kappa shape index (κ2) is 6.27. The molecule has 4 nitrogen and oxygen atoms in total. The van der Waals surface area contributed by atoms with Crippen molar-refractivity contribution in [1.29, 1.82) is 0 Å².